The summed E-state index contributed by atoms with van der Waals surface area (Å²) in [4.78, 5) is 12.2. The van der Waals surface area contributed by atoms with E-state index in [2.05, 4.69) is 33.0 Å². The number of hydrogen-bond donors (Lipinski definition) is 1. The molecule has 3 rings (SSSR count). The summed E-state index contributed by atoms with van der Waals surface area (Å²) in [5.41, 5.74) is 0.944. The summed E-state index contributed by atoms with van der Waals surface area (Å²) in [7, 11) is 0. The second-order valence-corrected chi connectivity index (χ2v) is 6.33. The predicted molar refractivity (Wildman–Crippen MR) is 95.6 cm³/mol. The van der Waals surface area contributed by atoms with E-state index in [1.165, 1.54) is 23.0 Å². The van der Waals surface area contributed by atoms with Crippen LogP contribution in [-0.4, -0.2) is 15.7 Å². The lowest BCUT2D eigenvalue weighted by molar-refractivity contribution is 0.102. The quantitative estimate of drug-likeness (QED) is 0.608. The summed E-state index contributed by atoms with van der Waals surface area (Å²) in [6.45, 7) is 0. The number of halogens is 3. The molecule has 0 fully saturated rings. The fraction of sp³-hybridized carbons (Fsp3) is 0. The second kappa shape index (κ2) is 6.67. The molecular formula is C16H10ClFIN3O. The Bertz CT molecular complexity index is 881. The van der Waals surface area contributed by atoms with Gasteiger partial charge in [0.25, 0.3) is 5.91 Å². The van der Waals surface area contributed by atoms with Gasteiger partial charge in [-0.2, -0.15) is 5.10 Å². The van der Waals surface area contributed by atoms with Crippen LogP contribution in [0.4, 0.5) is 10.1 Å². The minimum absolute atomic E-state index is 0.169. The molecule has 0 saturated carbocycles. The molecule has 116 valence electrons. The number of anilines is 1. The standard InChI is InChI=1S/C16H10ClFIN3O/c17-11-9-10(19)5-6-13(11)20-16(23)14-7-8-22(21-14)15-4-2-1-3-12(15)18/h1-9H,(H,20,23). The Morgan fingerprint density at radius 1 is 1.22 bits per heavy atom. The first-order valence-electron chi connectivity index (χ1n) is 6.61. The van der Waals surface area contributed by atoms with Gasteiger partial charge in [0.15, 0.2) is 5.69 Å². The molecule has 7 heteroatoms. The SMILES string of the molecule is O=C(Nc1ccc(I)cc1Cl)c1ccn(-c2ccccc2F)n1. The molecule has 2 aromatic carbocycles. The van der Waals surface area contributed by atoms with Gasteiger partial charge in [-0.1, -0.05) is 23.7 Å². The molecule has 0 radical (unpaired) electrons. The molecule has 0 unspecified atom stereocenters. The van der Waals surface area contributed by atoms with Crippen LogP contribution in [0.2, 0.25) is 5.02 Å². The molecule has 1 amide bonds. The van der Waals surface area contributed by atoms with Gasteiger partial charge in [0.2, 0.25) is 0 Å². The number of aromatic nitrogens is 2. The minimum Gasteiger partial charge on any atom is -0.319 e. The molecule has 0 aliphatic rings. The Kier molecular flexibility index (Phi) is 4.63. The Balaban J connectivity index is 1.83. The number of hydrogen-bond acceptors (Lipinski definition) is 2. The van der Waals surface area contributed by atoms with Crippen molar-refractivity contribution in [1.82, 2.24) is 9.78 Å². The lowest BCUT2D eigenvalue weighted by Gasteiger charge is -2.06. The summed E-state index contributed by atoms with van der Waals surface area (Å²) in [5, 5.41) is 7.24. The van der Waals surface area contributed by atoms with Gasteiger partial charge in [-0.25, -0.2) is 9.07 Å². The third-order valence-electron chi connectivity index (χ3n) is 3.10. The van der Waals surface area contributed by atoms with E-state index in [4.69, 9.17) is 11.6 Å². The van der Waals surface area contributed by atoms with Crippen molar-refractivity contribution in [2.45, 2.75) is 0 Å². The van der Waals surface area contributed by atoms with Crippen LogP contribution in [0.25, 0.3) is 5.69 Å². The summed E-state index contributed by atoms with van der Waals surface area (Å²) in [6, 6.07) is 13.0. The lowest BCUT2D eigenvalue weighted by Crippen LogP contribution is -2.13. The van der Waals surface area contributed by atoms with Crippen LogP contribution in [0.5, 0.6) is 0 Å². The van der Waals surface area contributed by atoms with Crippen molar-refractivity contribution in [3.05, 3.63) is 74.8 Å². The number of benzene rings is 2. The van der Waals surface area contributed by atoms with E-state index >= 15 is 0 Å². The number of para-hydroxylation sites is 1. The normalized spacial score (nSPS) is 10.6. The van der Waals surface area contributed by atoms with Gasteiger partial charge >= 0.3 is 0 Å². The fourth-order valence-corrected chi connectivity index (χ4v) is 2.90. The zero-order valence-corrected chi connectivity index (χ0v) is 14.5. The summed E-state index contributed by atoms with van der Waals surface area (Å²) < 4.78 is 16.0. The van der Waals surface area contributed by atoms with Crippen molar-refractivity contribution in [2.75, 3.05) is 5.32 Å². The van der Waals surface area contributed by atoms with E-state index in [-0.39, 0.29) is 11.4 Å². The molecule has 0 aliphatic carbocycles. The predicted octanol–water partition coefficient (Wildman–Crippen LogP) is 4.52. The van der Waals surface area contributed by atoms with Gasteiger partial charge in [-0.05, 0) is 59.0 Å². The monoisotopic (exact) mass is 441 g/mol. The van der Waals surface area contributed by atoms with Gasteiger partial charge in [0, 0.05) is 9.77 Å². The van der Waals surface area contributed by atoms with Crippen molar-refractivity contribution >= 4 is 45.8 Å². The van der Waals surface area contributed by atoms with Gasteiger partial charge in [0.1, 0.15) is 11.5 Å². The van der Waals surface area contributed by atoms with Gasteiger partial charge in [0.05, 0.1) is 10.7 Å². The number of nitrogens with one attached hydrogen (secondary N) is 1. The third-order valence-corrected chi connectivity index (χ3v) is 4.08. The zero-order chi connectivity index (χ0) is 16.4. The van der Waals surface area contributed by atoms with Crippen LogP contribution < -0.4 is 5.32 Å². The number of carbonyl (C=O) groups excluding carboxylic acids is 1. The van der Waals surface area contributed by atoms with Crippen LogP contribution in [-0.2, 0) is 0 Å². The largest absolute Gasteiger partial charge is 0.319 e. The highest BCUT2D eigenvalue weighted by Gasteiger charge is 2.13. The number of carbonyl (C=O) groups is 1. The van der Waals surface area contributed by atoms with Crippen molar-refractivity contribution in [1.29, 1.82) is 0 Å². The topological polar surface area (TPSA) is 46.9 Å². The maximum Gasteiger partial charge on any atom is 0.276 e. The van der Waals surface area contributed by atoms with Crippen LogP contribution in [0.1, 0.15) is 10.5 Å². The smallest absolute Gasteiger partial charge is 0.276 e. The summed E-state index contributed by atoms with van der Waals surface area (Å²) in [5.74, 6) is -0.827. The number of nitrogens with zero attached hydrogens (tertiary/aromatic N) is 2. The Hall–Kier alpha value is -1.93. The highest BCUT2D eigenvalue weighted by Crippen LogP contribution is 2.24. The molecule has 0 bridgehead atoms. The molecule has 23 heavy (non-hydrogen) atoms. The van der Waals surface area contributed by atoms with Crippen LogP contribution in [0.15, 0.2) is 54.7 Å². The molecule has 0 aliphatic heterocycles. The first-order valence-corrected chi connectivity index (χ1v) is 8.07. The highest BCUT2D eigenvalue weighted by atomic mass is 127. The van der Waals surface area contributed by atoms with Crippen LogP contribution >= 0.6 is 34.2 Å². The Morgan fingerprint density at radius 2 is 2.00 bits per heavy atom. The summed E-state index contributed by atoms with van der Waals surface area (Å²) >= 11 is 8.22. The maximum absolute atomic E-state index is 13.7. The lowest BCUT2D eigenvalue weighted by atomic mass is 10.3. The van der Waals surface area contributed by atoms with E-state index in [9.17, 15) is 9.18 Å². The third kappa shape index (κ3) is 3.53. The zero-order valence-electron chi connectivity index (χ0n) is 11.6. The first kappa shape index (κ1) is 15.9. The van der Waals surface area contributed by atoms with Crippen molar-refractivity contribution in [3.8, 4) is 5.69 Å². The van der Waals surface area contributed by atoms with E-state index in [1.807, 2.05) is 6.07 Å². The minimum atomic E-state index is -0.414. The molecule has 0 spiro atoms. The average molecular weight is 442 g/mol. The molecule has 4 nitrogen and oxygen atoms in total. The van der Waals surface area contributed by atoms with Crippen molar-refractivity contribution in [3.63, 3.8) is 0 Å². The molecule has 1 aromatic heterocycles. The van der Waals surface area contributed by atoms with Gasteiger partial charge < -0.3 is 5.32 Å². The van der Waals surface area contributed by atoms with Crippen LogP contribution in [0, 0.1) is 9.39 Å². The van der Waals surface area contributed by atoms with Gasteiger partial charge in [-0.15, -0.1) is 0 Å². The highest BCUT2D eigenvalue weighted by molar-refractivity contribution is 14.1. The fourth-order valence-electron chi connectivity index (χ4n) is 1.99. The first-order chi connectivity index (χ1) is 11.0. The number of amides is 1. The second-order valence-electron chi connectivity index (χ2n) is 4.68. The van der Waals surface area contributed by atoms with E-state index in [0.717, 1.165) is 3.57 Å². The molecule has 1 heterocycles. The Labute approximate surface area is 150 Å². The number of rotatable bonds is 3. The van der Waals surface area contributed by atoms with Crippen molar-refractivity contribution in [2.24, 2.45) is 0 Å². The van der Waals surface area contributed by atoms with Crippen LogP contribution in [0.3, 0.4) is 0 Å². The molecular weight excluding hydrogens is 432 g/mol. The average Bonchev–Trinajstić information content (AvgIpc) is 3.00. The van der Waals surface area contributed by atoms with Crippen molar-refractivity contribution < 1.29 is 9.18 Å². The molecule has 0 saturated heterocycles. The van der Waals surface area contributed by atoms with Gasteiger partial charge in [-0.3, -0.25) is 4.79 Å². The maximum atomic E-state index is 13.7. The van der Waals surface area contributed by atoms with E-state index in [1.54, 1.807) is 30.3 Å². The van der Waals surface area contributed by atoms with E-state index in [0.29, 0.717) is 10.7 Å². The Morgan fingerprint density at radius 3 is 2.74 bits per heavy atom. The molecule has 1 N–H and O–H groups in total. The molecule has 0 atom stereocenters. The van der Waals surface area contributed by atoms with E-state index < -0.39 is 11.7 Å². The summed E-state index contributed by atoms with van der Waals surface area (Å²) in [6.07, 6.45) is 1.53. The molecule has 3 aromatic rings.